The summed E-state index contributed by atoms with van der Waals surface area (Å²) < 4.78 is 111. The third kappa shape index (κ3) is 22.4. The Labute approximate surface area is 639 Å². The Morgan fingerprint density at radius 2 is 0.905 bits per heavy atom. The van der Waals surface area contributed by atoms with Gasteiger partial charge in [0.05, 0.1) is 68.4 Å². The average molecular weight is 1570 g/mol. The maximum absolute atomic E-state index is 15.5. The van der Waals surface area contributed by atoms with Crippen molar-refractivity contribution in [3.05, 3.63) is 138 Å². The SMILES string of the molecule is C.C.COCC(=O)CCCCCCCCCCCS(=O)(=O)CC(=O)c1ccc(N2C[C@@H]3C[C@H]2C[C@H]3OCc2c(-c3c(Cl)cccc3Cl)noc2C2CC2)c(F)c1.NCCCCCCCCCCS(=O)(=O)CC(=O)c1ccc(N2C[C@@H]3C[C@H]2C[C@H]3OCc2c(-c3c(Cl)cccc3Cl)noc2C2CC2)c(F)c1. The smallest absolute Gasteiger partial charge is 0.177 e. The van der Waals surface area contributed by atoms with Gasteiger partial charge in [-0.25, -0.2) is 25.6 Å². The van der Waals surface area contributed by atoms with E-state index in [2.05, 4.69) is 10.3 Å². The number of piperidine rings is 2. The molecule has 0 amide bonds. The molecule has 4 heterocycles. The number of benzene rings is 4. The Bertz CT molecular complexity index is 4090. The number of methoxy groups -OCH3 is 1. The number of nitrogens with zero attached hydrogens (tertiary/aromatic N) is 4. The molecule has 0 unspecified atom stereocenters. The number of ketones is 3. The van der Waals surface area contributed by atoms with Crippen LogP contribution in [0.4, 0.5) is 20.2 Å². The molecule has 6 aromatic rings. The van der Waals surface area contributed by atoms with E-state index in [1.165, 1.54) is 19.2 Å². The van der Waals surface area contributed by atoms with Crippen molar-refractivity contribution in [3.8, 4) is 22.5 Å². The zero-order chi connectivity index (χ0) is 72.8. The van der Waals surface area contributed by atoms with Crippen LogP contribution in [0.5, 0.6) is 0 Å². The topological polar surface area (TPSA) is 232 Å². The van der Waals surface area contributed by atoms with Gasteiger partial charge in [-0.2, -0.15) is 0 Å². The van der Waals surface area contributed by atoms with E-state index in [-0.39, 0.29) is 86.0 Å². The van der Waals surface area contributed by atoms with Crippen molar-refractivity contribution in [2.24, 2.45) is 17.6 Å². The third-order valence-corrected chi connectivity index (χ3v) is 25.7. The highest BCUT2D eigenvalue weighted by molar-refractivity contribution is 7.92. The molecule has 576 valence electrons. The second-order valence-corrected chi connectivity index (χ2v) is 35.1. The van der Waals surface area contributed by atoms with Gasteiger partial charge >= 0.3 is 0 Å². The van der Waals surface area contributed by atoms with E-state index in [1.54, 1.807) is 60.7 Å². The number of Topliss-reactive ketones (excluding diaryl/α,β-unsaturated/α-hetero) is 3. The van der Waals surface area contributed by atoms with Crippen LogP contribution in [0, 0.1) is 23.5 Å². The van der Waals surface area contributed by atoms with E-state index in [0.717, 1.165) is 177 Å². The predicted octanol–water partition coefficient (Wildman–Crippen LogP) is 19.4. The lowest BCUT2D eigenvalue weighted by Crippen LogP contribution is -2.39. The molecular weight excluding hydrogens is 1470 g/mol. The number of sulfone groups is 2. The molecule has 6 aliphatic rings. The van der Waals surface area contributed by atoms with Crippen molar-refractivity contribution < 1.29 is 63.3 Å². The van der Waals surface area contributed by atoms with Crippen LogP contribution in [0.1, 0.15) is 237 Å². The summed E-state index contributed by atoms with van der Waals surface area (Å²) in [5.41, 5.74) is 10.8. The Kier molecular flexibility index (Phi) is 31.4. The summed E-state index contributed by atoms with van der Waals surface area (Å²) in [6.45, 7) is 2.80. The predicted molar refractivity (Wildman–Crippen MR) is 414 cm³/mol. The van der Waals surface area contributed by atoms with Gasteiger partial charge in [-0.15, -0.1) is 0 Å². The maximum Gasteiger partial charge on any atom is 0.177 e. The molecule has 0 spiro atoms. The number of hydrogen-bond donors (Lipinski definition) is 1. The first-order valence-corrected chi connectivity index (χ1v) is 42.2. The molecule has 4 saturated carbocycles. The lowest BCUT2D eigenvalue weighted by atomic mass is 10.0. The molecular formula is C80H105Cl4F2N5O12S2. The number of fused-ring (bicyclic) bond motifs is 4. The van der Waals surface area contributed by atoms with Crippen molar-refractivity contribution >= 4 is 94.8 Å². The lowest BCUT2D eigenvalue weighted by molar-refractivity contribution is -0.122. The monoisotopic (exact) mass is 1570 g/mol. The summed E-state index contributed by atoms with van der Waals surface area (Å²) in [6, 6.07) is 19.6. The minimum Gasteiger partial charge on any atom is -0.377 e. The highest BCUT2D eigenvalue weighted by Gasteiger charge is 2.48. The van der Waals surface area contributed by atoms with Gasteiger partial charge in [0, 0.05) is 95.8 Å². The lowest BCUT2D eigenvalue weighted by Gasteiger charge is -2.33. The Morgan fingerprint density at radius 3 is 1.25 bits per heavy atom. The van der Waals surface area contributed by atoms with E-state index >= 15 is 8.78 Å². The van der Waals surface area contributed by atoms with Crippen molar-refractivity contribution in [1.82, 2.24) is 10.3 Å². The first kappa shape index (κ1) is 83.7. The molecule has 12 rings (SSSR count). The summed E-state index contributed by atoms with van der Waals surface area (Å²) in [4.78, 5) is 41.4. The second-order valence-electron chi connectivity index (χ2n) is 29.1. The number of carbonyl (C=O) groups is 3. The standard InChI is InChI=1S/C41H51Cl2FN2O7S.C37H46Cl2FN3O5S.2CH4/c1-51-24-31(47)12-9-7-5-3-2-4-6-8-10-19-54(49,50)26-37(48)28-17-18-36(35(44)21-28)46-23-29-20-30(46)22-38(29)52-25-32-40(45-53-41(32)27-15-16-27)39-33(42)13-11-14-34(39)43;38-29-10-9-11-30(39)35(29)36-28(37(48-42-36)24-12-13-24)22-47-34-20-27-18-26(34)21-43(27)32-15-14-25(19-31(32)40)33(44)23-49(45,46)17-8-6-4-2-1-3-5-7-16-41;;/h11,13-14,17-18,21,27,29-30,38H,2-10,12,15-16,19-20,22-26H2,1H3;9-11,14-15,19,24,26-27,34H,1-8,12-13,16-18,20-23,41H2;2*1H4/t29-,30-,38+;26-,27-,34+;;/m00../s1. The van der Waals surface area contributed by atoms with Gasteiger partial charge < -0.3 is 38.8 Å². The van der Waals surface area contributed by atoms with Crippen LogP contribution < -0.4 is 15.5 Å². The van der Waals surface area contributed by atoms with Crippen molar-refractivity contribution in [2.75, 3.05) is 66.2 Å². The Hall–Kier alpha value is -5.33. The van der Waals surface area contributed by atoms with E-state index in [0.29, 0.717) is 111 Å². The maximum atomic E-state index is 15.5. The van der Waals surface area contributed by atoms with Gasteiger partial charge in [-0.3, -0.25) is 14.4 Å². The first-order valence-electron chi connectivity index (χ1n) is 37.1. The van der Waals surface area contributed by atoms with Crippen molar-refractivity contribution in [2.45, 2.75) is 231 Å². The number of aromatic nitrogens is 2. The fraction of sp³-hybridized carbons (Fsp3) is 0.588. The molecule has 4 aromatic carbocycles. The van der Waals surface area contributed by atoms with E-state index < -0.39 is 54.4 Å². The number of rotatable bonds is 42. The average Bonchev–Trinajstić information content (AvgIpc) is 1.64. The number of anilines is 2. The van der Waals surface area contributed by atoms with Crippen LogP contribution in [0.25, 0.3) is 22.5 Å². The van der Waals surface area contributed by atoms with Gasteiger partial charge in [-0.1, -0.05) is 167 Å². The van der Waals surface area contributed by atoms with Gasteiger partial charge in [0.1, 0.15) is 52.7 Å². The normalized spacial score (nSPS) is 19.6. The van der Waals surface area contributed by atoms with Crippen LogP contribution in [0.3, 0.4) is 0 Å². The number of hydrogen-bond acceptors (Lipinski definition) is 17. The number of nitrogens with two attached hydrogens (primary N) is 1. The molecule has 25 heteroatoms. The molecule has 17 nitrogen and oxygen atoms in total. The van der Waals surface area contributed by atoms with Crippen LogP contribution >= 0.6 is 46.4 Å². The highest BCUT2D eigenvalue weighted by atomic mass is 35.5. The summed E-state index contributed by atoms with van der Waals surface area (Å²) >= 11 is 26.1. The molecule has 105 heavy (non-hydrogen) atoms. The fourth-order valence-electron chi connectivity index (χ4n) is 15.5. The first-order chi connectivity index (χ1) is 49.7. The molecule has 6 fully saturated rings. The highest BCUT2D eigenvalue weighted by Crippen LogP contribution is 2.50. The molecule has 2 saturated heterocycles. The number of carbonyl (C=O) groups excluding carboxylic acids is 3. The quantitative estimate of drug-likeness (QED) is 0.0277. The molecule has 4 aliphatic carbocycles. The molecule has 0 radical (unpaired) electrons. The molecule has 2 N–H and O–H groups in total. The van der Waals surface area contributed by atoms with Crippen LogP contribution in [0.15, 0.2) is 81.8 Å². The van der Waals surface area contributed by atoms with Crippen LogP contribution in [-0.4, -0.2) is 125 Å². The van der Waals surface area contributed by atoms with Crippen molar-refractivity contribution in [3.63, 3.8) is 0 Å². The van der Waals surface area contributed by atoms with Crippen LogP contribution in [0.2, 0.25) is 20.1 Å². The van der Waals surface area contributed by atoms with E-state index in [1.807, 2.05) is 9.80 Å². The minimum absolute atomic E-state index is 0. The molecule has 2 aliphatic heterocycles. The van der Waals surface area contributed by atoms with E-state index in [4.69, 9.17) is 75.4 Å². The zero-order valence-corrected chi connectivity index (χ0v) is 63.5. The van der Waals surface area contributed by atoms with Gasteiger partial charge in [0.2, 0.25) is 0 Å². The molecule has 4 bridgehead atoms. The number of ether oxygens (including phenoxy) is 3. The Morgan fingerprint density at radius 1 is 0.533 bits per heavy atom. The largest absolute Gasteiger partial charge is 0.377 e. The van der Waals surface area contributed by atoms with Gasteiger partial charge in [0.15, 0.2) is 37.0 Å². The summed E-state index contributed by atoms with van der Waals surface area (Å²) in [6.07, 6.45) is 24.3. The fourth-order valence-corrected chi connectivity index (χ4v) is 19.3. The van der Waals surface area contributed by atoms with Crippen molar-refractivity contribution in [1.29, 1.82) is 0 Å². The summed E-state index contributed by atoms with van der Waals surface area (Å²) in [5, 5.41) is 10.7. The third-order valence-electron chi connectivity index (χ3n) is 21.3. The molecule has 6 atom stereocenters. The zero-order valence-electron chi connectivity index (χ0n) is 58.9. The van der Waals surface area contributed by atoms with Crippen LogP contribution in [-0.2, 0) is 51.9 Å². The molecule has 2 aromatic heterocycles. The van der Waals surface area contributed by atoms with E-state index in [9.17, 15) is 31.2 Å². The van der Waals surface area contributed by atoms with Gasteiger partial charge in [0.25, 0.3) is 0 Å². The van der Waals surface area contributed by atoms with Gasteiger partial charge in [-0.05, 0) is 144 Å². The summed E-state index contributed by atoms with van der Waals surface area (Å²) in [7, 11) is -5.64. The number of halogens is 6. The minimum atomic E-state index is -3.60. The second kappa shape index (κ2) is 39.3. The summed E-state index contributed by atoms with van der Waals surface area (Å²) in [5.74, 6) is -0.634. The number of unbranched alkanes of at least 4 members (excludes halogenated alkanes) is 15. The Balaban J connectivity index is 0.000000240.